The summed E-state index contributed by atoms with van der Waals surface area (Å²) in [6.45, 7) is 12.8. The van der Waals surface area contributed by atoms with E-state index in [0.29, 0.717) is 18.1 Å². The molecule has 2 atom stereocenters. The Morgan fingerprint density at radius 1 is 0.833 bits per heavy atom. The van der Waals surface area contributed by atoms with Crippen LogP contribution in [-0.4, -0.2) is 12.6 Å². The Hall–Kier alpha value is -0.790. The number of hydrogen-bond donors (Lipinski definition) is 0. The van der Waals surface area contributed by atoms with E-state index in [1.807, 2.05) is 0 Å². The van der Waals surface area contributed by atoms with Crippen molar-refractivity contribution in [1.29, 1.82) is 0 Å². The Kier molecular flexibility index (Phi) is 15.2. The topological polar surface area (TPSA) is 26.3 Å². The molecule has 0 saturated carbocycles. The van der Waals surface area contributed by atoms with Crippen molar-refractivity contribution in [2.75, 3.05) is 6.61 Å². The van der Waals surface area contributed by atoms with E-state index in [9.17, 15) is 4.79 Å². The van der Waals surface area contributed by atoms with Gasteiger partial charge in [0.05, 0.1) is 6.61 Å². The molecular formula is C22H42O2. The number of ether oxygens (including phenoxy) is 1. The fourth-order valence-corrected chi connectivity index (χ4v) is 3.04. The molecule has 0 heterocycles. The summed E-state index contributed by atoms with van der Waals surface area (Å²) in [5.74, 6) is 1.22. The zero-order chi connectivity index (χ0) is 18.2. The SMILES string of the molecule is C=C(C)C(=O)OCCCC(C)C(C)CCCCCCCCCCC. The standard InChI is InChI=1S/C22H42O2/c1-6-7-8-9-10-11-12-13-14-16-20(4)21(5)17-15-18-24-22(23)19(2)3/h20-21H,2,6-18H2,1,3-5H3. The average molecular weight is 339 g/mol. The molecule has 0 aliphatic heterocycles. The largest absolute Gasteiger partial charge is 0.462 e. The number of esters is 1. The second-order valence-corrected chi connectivity index (χ2v) is 7.63. The summed E-state index contributed by atoms with van der Waals surface area (Å²) in [6.07, 6.45) is 16.0. The molecule has 0 N–H and O–H groups in total. The molecule has 2 heteroatoms. The van der Waals surface area contributed by atoms with Gasteiger partial charge >= 0.3 is 5.97 Å². The molecule has 24 heavy (non-hydrogen) atoms. The summed E-state index contributed by atoms with van der Waals surface area (Å²) in [6, 6.07) is 0. The number of carbonyl (C=O) groups is 1. The van der Waals surface area contributed by atoms with Crippen molar-refractivity contribution in [2.45, 2.75) is 105 Å². The van der Waals surface area contributed by atoms with Gasteiger partial charge in [-0.1, -0.05) is 91.6 Å². The monoisotopic (exact) mass is 338 g/mol. The van der Waals surface area contributed by atoms with Crippen molar-refractivity contribution in [3.05, 3.63) is 12.2 Å². The smallest absolute Gasteiger partial charge is 0.333 e. The zero-order valence-electron chi connectivity index (χ0n) is 16.9. The molecule has 0 amide bonds. The molecule has 2 unspecified atom stereocenters. The molecule has 0 spiro atoms. The summed E-state index contributed by atoms with van der Waals surface area (Å²) in [4.78, 5) is 11.3. The Bertz CT molecular complexity index is 322. The van der Waals surface area contributed by atoms with Gasteiger partial charge in [0.25, 0.3) is 0 Å². The molecular weight excluding hydrogens is 296 g/mol. The van der Waals surface area contributed by atoms with E-state index in [1.165, 1.54) is 64.2 Å². The highest BCUT2D eigenvalue weighted by molar-refractivity contribution is 5.86. The van der Waals surface area contributed by atoms with Crippen LogP contribution in [0.1, 0.15) is 105 Å². The van der Waals surface area contributed by atoms with Gasteiger partial charge in [-0.2, -0.15) is 0 Å². The first-order chi connectivity index (χ1) is 11.5. The van der Waals surface area contributed by atoms with Crippen molar-refractivity contribution in [3.8, 4) is 0 Å². The predicted molar refractivity (Wildman–Crippen MR) is 105 cm³/mol. The van der Waals surface area contributed by atoms with Gasteiger partial charge in [0.2, 0.25) is 0 Å². The fourth-order valence-electron chi connectivity index (χ4n) is 3.04. The molecule has 0 fully saturated rings. The number of hydrogen-bond acceptors (Lipinski definition) is 2. The van der Waals surface area contributed by atoms with Crippen LogP contribution < -0.4 is 0 Å². The van der Waals surface area contributed by atoms with Crippen molar-refractivity contribution in [3.63, 3.8) is 0 Å². The van der Waals surface area contributed by atoms with E-state index < -0.39 is 0 Å². The predicted octanol–water partition coefficient (Wildman–Crippen LogP) is 7.08. The van der Waals surface area contributed by atoms with Crippen LogP contribution in [0.2, 0.25) is 0 Å². The van der Waals surface area contributed by atoms with Crippen LogP contribution in [0.25, 0.3) is 0 Å². The lowest BCUT2D eigenvalue weighted by molar-refractivity contribution is -0.139. The van der Waals surface area contributed by atoms with E-state index in [0.717, 1.165) is 18.8 Å². The summed E-state index contributed by atoms with van der Waals surface area (Å²) in [7, 11) is 0. The molecule has 142 valence electrons. The second-order valence-electron chi connectivity index (χ2n) is 7.63. The molecule has 0 bridgehead atoms. The highest BCUT2D eigenvalue weighted by atomic mass is 16.5. The van der Waals surface area contributed by atoms with Gasteiger partial charge in [-0.05, 0) is 31.6 Å². The van der Waals surface area contributed by atoms with E-state index in [1.54, 1.807) is 6.92 Å². The van der Waals surface area contributed by atoms with Gasteiger partial charge in [0.1, 0.15) is 0 Å². The third-order valence-corrected chi connectivity index (χ3v) is 5.12. The lowest BCUT2D eigenvalue weighted by atomic mass is 9.87. The minimum atomic E-state index is -0.259. The first-order valence-electron chi connectivity index (χ1n) is 10.3. The van der Waals surface area contributed by atoms with Crippen LogP contribution in [0.15, 0.2) is 12.2 Å². The third-order valence-electron chi connectivity index (χ3n) is 5.12. The summed E-state index contributed by atoms with van der Waals surface area (Å²) in [5, 5.41) is 0. The van der Waals surface area contributed by atoms with Crippen LogP contribution in [-0.2, 0) is 9.53 Å². The number of rotatable bonds is 16. The number of unbranched alkanes of at least 4 members (excludes halogenated alkanes) is 8. The maximum absolute atomic E-state index is 11.3. The lowest BCUT2D eigenvalue weighted by Crippen LogP contribution is -2.11. The van der Waals surface area contributed by atoms with E-state index in [-0.39, 0.29) is 5.97 Å². The van der Waals surface area contributed by atoms with E-state index >= 15 is 0 Å². The van der Waals surface area contributed by atoms with Gasteiger partial charge in [0, 0.05) is 5.57 Å². The Morgan fingerprint density at radius 2 is 1.29 bits per heavy atom. The molecule has 0 radical (unpaired) electrons. The fraction of sp³-hybridized carbons (Fsp3) is 0.864. The van der Waals surface area contributed by atoms with Crippen LogP contribution >= 0.6 is 0 Å². The van der Waals surface area contributed by atoms with Gasteiger partial charge in [-0.15, -0.1) is 0 Å². The molecule has 0 aromatic rings. The quantitative estimate of drug-likeness (QED) is 0.171. The lowest BCUT2D eigenvalue weighted by Gasteiger charge is -2.19. The molecule has 2 nitrogen and oxygen atoms in total. The first kappa shape index (κ1) is 23.2. The molecule has 0 aromatic carbocycles. The van der Waals surface area contributed by atoms with Crippen molar-refractivity contribution in [1.82, 2.24) is 0 Å². The molecule has 0 aliphatic rings. The molecule has 0 aliphatic carbocycles. The molecule has 0 saturated heterocycles. The normalized spacial score (nSPS) is 13.5. The van der Waals surface area contributed by atoms with Crippen LogP contribution in [0.3, 0.4) is 0 Å². The van der Waals surface area contributed by atoms with Crippen LogP contribution in [0, 0.1) is 11.8 Å². The maximum atomic E-state index is 11.3. The Morgan fingerprint density at radius 3 is 1.79 bits per heavy atom. The highest BCUT2D eigenvalue weighted by Crippen LogP contribution is 2.23. The second kappa shape index (κ2) is 15.7. The zero-order valence-corrected chi connectivity index (χ0v) is 16.9. The van der Waals surface area contributed by atoms with Crippen molar-refractivity contribution >= 4 is 5.97 Å². The average Bonchev–Trinajstić information content (AvgIpc) is 2.56. The maximum Gasteiger partial charge on any atom is 0.333 e. The van der Waals surface area contributed by atoms with Crippen molar-refractivity contribution < 1.29 is 9.53 Å². The van der Waals surface area contributed by atoms with Gasteiger partial charge in [0.15, 0.2) is 0 Å². The van der Waals surface area contributed by atoms with Gasteiger partial charge < -0.3 is 4.74 Å². The minimum Gasteiger partial charge on any atom is -0.462 e. The van der Waals surface area contributed by atoms with Crippen LogP contribution in [0.4, 0.5) is 0 Å². The first-order valence-corrected chi connectivity index (χ1v) is 10.3. The summed E-state index contributed by atoms with van der Waals surface area (Å²) in [5.41, 5.74) is 0.488. The third kappa shape index (κ3) is 13.6. The van der Waals surface area contributed by atoms with E-state index in [4.69, 9.17) is 4.74 Å². The summed E-state index contributed by atoms with van der Waals surface area (Å²) >= 11 is 0. The van der Waals surface area contributed by atoms with Crippen molar-refractivity contribution in [2.24, 2.45) is 11.8 Å². The highest BCUT2D eigenvalue weighted by Gasteiger charge is 2.12. The molecule has 0 aromatic heterocycles. The van der Waals surface area contributed by atoms with E-state index in [2.05, 4.69) is 27.4 Å². The van der Waals surface area contributed by atoms with Crippen LogP contribution in [0.5, 0.6) is 0 Å². The van der Waals surface area contributed by atoms with Gasteiger partial charge in [-0.3, -0.25) is 0 Å². The Labute approximate surface area is 151 Å². The Balaban J connectivity index is 3.47. The molecule has 0 rings (SSSR count). The summed E-state index contributed by atoms with van der Waals surface area (Å²) < 4.78 is 5.16. The van der Waals surface area contributed by atoms with Gasteiger partial charge in [-0.25, -0.2) is 4.79 Å². The number of carbonyl (C=O) groups excluding carboxylic acids is 1. The minimum absolute atomic E-state index is 0.259.